The van der Waals surface area contributed by atoms with Crippen LogP contribution in [0.1, 0.15) is 54.5 Å². The van der Waals surface area contributed by atoms with Crippen LogP contribution in [-0.2, 0) is 34.2 Å². The minimum absolute atomic E-state index is 0.0617. The first-order valence-electron chi connectivity index (χ1n) is 10.6. The molecular formula is C24H34N2O3S. The lowest BCUT2D eigenvalue weighted by molar-refractivity contribution is -0.121. The first-order chi connectivity index (χ1) is 14.2. The molecule has 2 aromatic carbocycles. The molecule has 0 aliphatic rings. The quantitative estimate of drug-likeness (QED) is 0.611. The molecule has 0 aliphatic carbocycles. The van der Waals surface area contributed by atoms with Gasteiger partial charge < -0.3 is 5.32 Å². The molecule has 0 unspecified atom stereocenters. The van der Waals surface area contributed by atoms with Crippen molar-refractivity contribution in [1.82, 2.24) is 5.32 Å². The van der Waals surface area contributed by atoms with E-state index in [9.17, 15) is 13.2 Å². The Morgan fingerprint density at radius 3 is 2.37 bits per heavy atom. The third-order valence-corrected chi connectivity index (χ3v) is 6.51. The first-order valence-corrected chi connectivity index (χ1v) is 12.4. The molecule has 6 heteroatoms. The van der Waals surface area contributed by atoms with E-state index in [1.807, 2.05) is 32.0 Å². The average Bonchev–Trinajstić information content (AvgIpc) is 2.70. The molecular weight excluding hydrogens is 396 g/mol. The number of sulfonamides is 1. The zero-order chi connectivity index (χ0) is 22.3. The van der Waals surface area contributed by atoms with Crippen LogP contribution in [-0.4, -0.2) is 27.1 Å². The number of aryl methyl sites for hydroxylation is 4. The molecule has 0 atom stereocenters. The fourth-order valence-electron chi connectivity index (χ4n) is 3.53. The van der Waals surface area contributed by atoms with Gasteiger partial charge in [0.15, 0.2) is 0 Å². The number of nitrogens with one attached hydrogen (secondary N) is 1. The third kappa shape index (κ3) is 6.59. The highest BCUT2D eigenvalue weighted by Gasteiger charge is 2.19. The Kier molecular flexibility index (Phi) is 8.47. The van der Waals surface area contributed by atoms with Crippen LogP contribution in [0.15, 0.2) is 36.4 Å². The van der Waals surface area contributed by atoms with Crippen LogP contribution in [0, 0.1) is 13.8 Å². The summed E-state index contributed by atoms with van der Waals surface area (Å²) in [6.45, 7) is 8.85. The maximum absolute atomic E-state index is 12.4. The number of rotatable bonds is 10. The summed E-state index contributed by atoms with van der Waals surface area (Å²) in [5.41, 5.74) is 6.24. The summed E-state index contributed by atoms with van der Waals surface area (Å²) in [6.07, 6.45) is 3.84. The standard InChI is InChI=1S/C24H34N2O3S/c1-6-20-12-13-21(7-2)22(16-20)17-25-24(27)9-8-14-26(30(5,28)29)23-15-18(3)10-11-19(23)4/h10-13,15-16H,6-9,14,17H2,1-5H3,(H,25,27). The highest BCUT2D eigenvalue weighted by atomic mass is 32.2. The number of amides is 1. The van der Waals surface area contributed by atoms with Crippen molar-refractivity contribution in [3.05, 3.63) is 64.2 Å². The Morgan fingerprint density at radius 2 is 1.73 bits per heavy atom. The molecule has 0 fully saturated rings. The second kappa shape index (κ2) is 10.6. The Labute approximate surface area is 181 Å². The van der Waals surface area contributed by atoms with E-state index in [4.69, 9.17) is 0 Å². The van der Waals surface area contributed by atoms with Crippen molar-refractivity contribution in [1.29, 1.82) is 0 Å². The largest absolute Gasteiger partial charge is 0.352 e. The van der Waals surface area contributed by atoms with E-state index in [1.54, 1.807) is 0 Å². The maximum Gasteiger partial charge on any atom is 0.232 e. The van der Waals surface area contributed by atoms with Crippen molar-refractivity contribution in [2.75, 3.05) is 17.1 Å². The summed E-state index contributed by atoms with van der Waals surface area (Å²) >= 11 is 0. The van der Waals surface area contributed by atoms with Crippen molar-refractivity contribution >= 4 is 21.6 Å². The van der Waals surface area contributed by atoms with E-state index < -0.39 is 10.0 Å². The molecule has 5 nitrogen and oxygen atoms in total. The Morgan fingerprint density at radius 1 is 1.00 bits per heavy atom. The summed E-state index contributed by atoms with van der Waals surface area (Å²) in [5, 5.41) is 2.99. The van der Waals surface area contributed by atoms with E-state index in [0.29, 0.717) is 18.7 Å². The van der Waals surface area contributed by atoms with Gasteiger partial charge in [-0.25, -0.2) is 8.42 Å². The molecule has 0 saturated carbocycles. The van der Waals surface area contributed by atoms with Crippen LogP contribution in [0.3, 0.4) is 0 Å². The second-order valence-corrected chi connectivity index (χ2v) is 9.72. The molecule has 0 bridgehead atoms. The van der Waals surface area contributed by atoms with Gasteiger partial charge in [0.25, 0.3) is 0 Å². The molecule has 164 valence electrons. The van der Waals surface area contributed by atoms with E-state index in [2.05, 4.69) is 37.4 Å². The summed E-state index contributed by atoms with van der Waals surface area (Å²) in [6, 6.07) is 12.2. The number of hydrogen-bond acceptors (Lipinski definition) is 3. The van der Waals surface area contributed by atoms with Gasteiger partial charge in [-0.05, 0) is 67.0 Å². The first kappa shape index (κ1) is 23.9. The lowest BCUT2D eigenvalue weighted by Gasteiger charge is -2.24. The van der Waals surface area contributed by atoms with Crippen LogP contribution in [0.2, 0.25) is 0 Å². The van der Waals surface area contributed by atoms with Crippen LogP contribution in [0.4, 0.5) is 5.69 Å². The molecule has 2 aromatic rings. The molecule has 1 N–H and O–H groups in total. The minimum Gasteiger partial charge on any atom is -0.352 e. The molecule has 0 radical (unpaired) electrons. The zero-order valence-electron chi connectivity index (χ0n) is 18.8. The van der Waals surface area contributed by atoms with E-state index in [0.717, 1.165) is 29.5 Å². The zero-order valence-corrected chi connectivity index (χ0v) is 19.6. The van der Waals surface area contributed by atoms with E-state index in [-0.39, 0.29) is 18.9 Å². The van der Waals surface area contributed by atoms with E-state index >= 15 is 0 Å². The van der Waals surface area contributed by atoms with Crippen LogP contribution in [0.25, 0.3) is 0 Å². The molecule has 2 rings (SSSR count). The molecule has 0 aliphatic heterocycles. The summed E-state index contributed by atoms with van der Waals surface area (Å²) in [5.74, 6) is -0.0617. The minimum atomic E-state index is -3.43. The van der Waals surface area contributed by atoms with Gasteiger partial charge in [-0.15, -0.1) is 0 Å². The van der Waals surface area contributed by atoms with E-state index in [1.165, 1.54) is 21.7 Å². The fourth-order valence-corrected chi connectivity index (χ4v) is 4.54. The Bertz CT molecular complexity index is 984. The molecule has 0 heterocycles. The summed E-state index contributed by atoms with van der Waals surface area (Å²) < 4.78 is 26.1. The fraction of sp³-hybridized carbons (Fsp3) is 0.458. The van der Waals surface area contributed by atoms with Crippen molar-refractivity contribution in [2.45, 2.75) is 59.9 Å². The number of carbonyl (C=O) groups is 1. The molecule has 0 spiro atoms. The molecule has 0 aromatic heterocycles. The van der Waals surface area contributed by atoms with Gasteiger partial charge in [0.1, 0.15) is 0 Å². The molecule has 30 heavy (non-hydrogen) atoms. The van der Waals surface area contributed by atoms with Gasteiger partial charge in [-0.1, -0.05) is 44.2 Å². The predicted octanol–water partition coefficient (Wildman–Crippen LogP) is 4.29. The second-order valence-electron chi connectivity index (χ2n) is 7.82. The number of hydrogen-bond donors (Lipinski definition) is 1. The van der Waals surface area contributed by atoms with Gasteiger partial charge in [0.2, 0.25) is 15.9 Å². The lowest BCUT2D eigenvalue weighted by atomic mass is 10.0. The van der Waals surface area contributed by atoms with Crippen molar-refractivity contribution in [3.63, 3.8) is 0 Å². The topological polar surface area (TPSA) is 66.5 Å². The molecule has 0 saturated heterocycles. The van der Waals surface area contributed by atoms with Gasteiger partial charge in [0, 0.05) is 19.5 Å². The van der Waals surface area contributed by atoms with Crippen LogP contribution >= 0.6 is 0 Å². The van der Waals surface area contributed by atoms with Crippen LogP contribution in [0.5, 0.6) is 0 Å². The SMILES string of the molecule is CCc1ccc(CC)c(CNC(=O)CCCN(c2cc(C)ccc2C)S(C)(=O)=O)c1. The highest BCUT2D eigenvalue weighted by Crippen LogP contribution is 2.24. The van der Waals surface area contributed by atoms with Crippen molar-refractivity contribution in [2.24, 2.45) is 0 Å². The number of benzene rings is 2. The smallest absolute Gasteiger partial charge is 0.232 e. The van der Waals surface area contributed by atoms with Gasteiger partial charge in [-0.3, -0.25) is 9.10 Å². The van der Waals surface area contributed by atoms with Crippen molar-refractivity contribution in [3.8, 4) is 0 Å². The maximum atomic E-state index is 12.4. The van der Waals surface area contributed by atoms with Crippen molar-refractivity contribution < 1.29 is 13.2 Å². The van der Waals surface area contributed by atoms with Crippen LogP contribution < -0.4 is 9.62 Å². The number of carbonyl (C=O) groups excluding carboxylic acids is 1. The normalized spacial score (nSPS) is 11.4. The summed E-state index contributed by atoms with van der Waals surface area (Å²) in [4.78, 5) is 12.4. The van der Waals surface area contributed by atoms with Gasteiger partial charge in [0.05, 0.1) is 11.9 Å². The Balaban J connectivity index is 1.98. The third-order valence-electron chi connectivity index (χ3n) is 5.33. The Hall–Kier alpha value is -2.34. The number of anilines is 1. The average molecular weight is 431 g/mol. The number of nitrogens with zero attached hydrogens (tertiary/aromatic N) is 1. The lowest BCUT2D eigenvalue weighted by Crippen LogP contribution is -2.32. The highest BCUT2D eigenvalue weighted by molar-refractivity contribution is 7.92. The summed E-state index contributed by atoms with van der Waals surface area (Å²) in [7, 11) is -3.43. The van der Waals surface area contributed by atoms with Gasteiger partial charge >= 0.3 is 0 Å². The molecule has 1 amide bonds. The monoisotopic (exact) mass is 430 g/mol. The predicted molar refractivity (Wildman–Crippen MR) is 124 cm³/mol. The van der Waals surface area contributed by atoms with Gasteiger partial charge in [-0.2, -0.15) is 0 Å².